The second-order valence-electron chi connectivity index (χ2n) is 6.95. The normalized spacial score (nSPS) is 22.6. The predicted molar refractivity (Wildman–Crippen MR) is 90.9 cm³/mol. The van der Waals surface area contributed by atoms with Crippen LogP contribution in [0.1, 0.15) is 6.23 Å². The molecule has 0 spiro atoms. The summed E-state index contributed by atoms with van der Waals surface area (Å²) in [6.07, 6.45) is -25.7. The molecule has 204 valence electrons. The summed E-state index contributed by atoms with van der Waals surface area (Å²) in [6, 6.07) is 0. The summed E-state index contributed by atoms with van der Waals surface area (Å²) >= 11 is 0. The number of alkyl halides is 9. The maximum Gasteiger partial charge on any atom is 0.490 e. The third kappa shape index (κ3) is 5.91. The lowest BCUT2D eigenvalue weighted by molar-refractivity contribution is -0.222. The molecule has 1 N–H and O–H groups in total. The Kier molecular flexibility index (Phi) is 7.12. The Morgan fingerprint density at radius 2 is 1.46 bits per heavy atom. The van der Waals surface area contributed by atoms with Gasteiger partial charge in [-0.1, -0.05) is 0 Å². The number of hydrogen-bond acceptors (Lipinski definition) is 10. The molecule has 0 amide bonds. The number of H-pyrrole nitrogens is 1. The van der Waals surface area contributed by atoms with Crippen molar-refractivity contribution in [3.8, 4) is 0 Å². The Morgan fingerprint density at radius 1 is 0.919 bits per heavy atom. The fourth-order valence-electron chi connectivity index (χ4n) is 2.99. The van der Waals surface area contributed by atoms with Gasteiger partial charge in [-0.25, -0.2) is 24.0 Å². The second kappa shape index (κ2) is 9.52. The van der Waals surface area contributed by atoms with Gasteiger partial charge in [0, 0.05) is 0 Å². The Balaban J connectivity index is 2.07. The molecule has 12 nitrogen and oxygen atoms in total. The van der Waals surface area contributed by atoms with Crippen molar-refractivity contribution in [3.63, 3.8) is 0 Å². The summed E-state index contributed by atoms with van der Waals surface area (Å²) in [6.45, 7) is -1.64. The van der Waals surface area contributed by atoms with Gasteiger partial charge in [0.1, 0.15) is 18.1 Å². The molecule has 1 fully saturated rings. The molecule has 3 rings (SSSR count). The van der Waals surface area contributed by atoms with Crippen molar-refractivity contribution in [2.45, 2.75) is 43.1 Å². The van der Waals surface area contributed by atoms with E-state index in [0.29, 0.717) is 4.68 Å². The molecule has 0 bridgehead atoms. The maximum absolute atomic E-state index is 12.9. The molecule has 0 radical (unpaired) electrons. The van der Waals surface area contributed by atoms with Gasteiger partial charge in [0.2, 0.25) is 0 Å². The van der Waals surface area contributed by atoms with E-state index < -0.39 is 78.8 Å². The molecule has 21 heteroatoms. The highest BCUT2D eigenvalue weighted by Crippen LogP contribution is 2.37. The smallest absolute Gasteiger partial charge is 0.456 e. The molecule has 4 atom stereocenters. The highest BCUT2D eigenvalue weighted by Gasteiger charge is 2.57. The number of aromatic nitrogens is 4. The van der Waals surface area contributed by atoms with E-state index in [9.17, 15) is 58.7 Å². The number of rotatable bonds is 5. The quantitative estimate of drug-likeness (QED) is 0.322. The molecule has 1 aliphatic rings. The topological polar surface area (TPSA) is 152 Å². The number of aromatic amines is 1. The van der Waals surface area contributed by atoms with Crippen molar-refractivity contribution in [2.24, 2.45) is 0 Å². The fourth-order valence-corrected chi connectivity index (χ4v) is 2.99. The number of nitrogens with one attached hydrogen (secondary N) is 1. The lowest BCUT2D eigenvalue weighted by Crippen LogP contribution is -2.45. The van der Waals surface area contributed by atoms with E-state index in [1.807, 2.05) is 0 Å². The van der Waals surface area contributed by atoms with Gasteiger partial charge in [-0.05, 0) is 0 Å². The van der Waals surface area contributed by atoms with Crippen molar-refractivity contribution in [1.82, 2.24) is 19.7 Å². The van der Waals surface area contributed by atoms with Crippen LogP contribution in [0.2, 0.25) is 0 Å². The molecular formula is C16H9F9N4O8. The van der Waals surface area contributed by atoms with Gasteiger partial charge < -0.3 is 23.9 Å². The largest absolute Gasteiger partial charge is 0.490 e. The number of ether oxygens (including phenoxy) is 4. The van der Waals surface area contributed by atoms with E-state index in [2.05, 4.69) is 29.3 Å². The molecule has 1 saturated heterocycles. The number of carbonyl (C=O) groups excluding carboxylic acids is 3. The van der Waals surface area contributed by atoms with Crippen LogP contribution in [0, 0.1) is 0 Å². The van der Waals surface area contributed by atoms with Gasteiger partial charge in [0.25, 0.3) is 5.56 Å². The molecule has 4 unspecified atom stereocenters. The Morgan fingerprint density at radius 3 is 2.00 bits per heavy atom. The van der Waals surface area contributed by atoms with Crippen LogP contribution in [0.5, 0.6) is 0 Å². The Hall–Kier alpha value is -3.91. The second-order valence-corrected chi connectivity index (χ2v) is 6.95. The summed E-state index contributed by atoms with van der Waals surface area (Å²) in [5.74, 6) is -8.99. The van der Waals surface area contributed by atoms with Gasteiger partial charge >= 0.3 is 36.4 Å². The number of fused-ring (bicyclic) bond motifs is 1. The number of nitrogens with zero attached hydrogens (tertiary/aromatic N) is 3. The van der Waals surface area contributed by atoms with Crippen LogP contribution >= 0.6 is 0 Å². The van der Waals surface area contributed by atoms with E-state index in [0.717, 1.165) is 12.5 Å². The SMILES string of the molecule is O=C(OCC1OC(n2ncc3c(=O)[nH]cnc32)C(OC(=O)C(F)(F)F)C1OC(=O)C(F)(F)F)C(F)(F)F. The molecule has 0 saturated carbocycles. The highest BCUT2D eigenvalue weighted by atomic mass is 19.4. The maximum atomic E-state index is 12.9. The zero-order chi connectivity index (χ0) is 27.9. The summed E-state index contributed by atoms with van der Waals surface area (Å²) < 4.78 is 132. The summed E-state index contributed by atoms with van der Waals surface area (Å²) in [5, 5.41) is 3.22. The van der Waals surface area contributed by atoms with Crippen LogP contribution in [0.15, 0.2) is 17.3 Å². The third-order valence-electron chi connectivity index (χ3n) is 4.48. The first kappa shape index (κ1) is 27.7. The average molecular weight is 556 g/mol. The molecule has 2 aromatic rings. The highest BCUT2D eigenvalue weighted by molar-refractivity contribution is 5.77. The fraction of sp³-hybridized carbons (Fsp3) is 0.500. The van der Waals surface area contributed by atoms with E-state index in [1.54, 1.807) is 0 Å². The van der Waals surface area contributed by atoms with E-state index in [4.69, 9.17) is 4.74 Å². The van der Waals surface area contributed by atoms with E-state index in [-0.39, 0.29) is 5.39 Å². The molecular weight excluding hydrogens is 547 g/mol. The van der Waals surface area contributed by atoms with Crippen LogP contribution < -0.4 is 5.56 Å². The van der Waals surface area contributed by atoms with Gasteiger partial charge in [-0.2, -0.15) is 44.6 Å². The van der Waals surface area contributed by atoms with E-state index in [1.165, 1.54) is 0 Å². The lowest BCUT2D eigenvalue weighted by Gasteiger charge is -2.25. The summed E-state index contributed by atoms with van der Waals surface area (Å²) in [7, 11) is 0. The minimum absolute atomic E-state index is 0.359. The van der Waals surface area contributed by atoms with Crippen LogP contribution in [0.3, 0.4) is 0 Å². The van der Waals surface area contributed by atoms with Crippen LogP contribution in [0.25, 0.3) is 11.0 Å². The van der Waals surface area contributed by atoms with Gasteiger partial charge in [0.05, 0.1) is 12.5 Å². The molecule has 3 heterocycles. The predicted octanol–water partition coefficient (Wildman–Crippen LogP) is 1.07. The van der Waals surface area contributed by atoms with Crippen LogP contribution in [0.4, 0.5) is 39.5 Å². The van der Waals surface area contributed by atoms with Crippen LogP contribution in [-0.2, 0) is 33.3 Å². The first-order chi connectivity index (χ1) is 16.9. The van der Waals surface area contributed by atoms with Crippen molar-refractivity contribution < 1.29 is 72.8 Å². The monoisotopic (exact) mass is 556 g/mol. The van der Waals surface area contributed by atoms with Crippen molar-refractivity contribution in [1.29, 1.82) is 0 Å². The number of hydrogen-bond donors (Lipinski definition) is 1. The Bertz CT molecular complexity index is 1250. The standard InChI is InChI=1S/C16H9F9N4O8/c17-14(18,19)11(31)34-2-5-6(36-12(32)15(20,21)22)7(37-13(33)16(23,24)25)10(35-5)29-8-4(1-28-29)9(30)27-3-26-8/h1,3,5-7,10H,2H2,(H,26,27,30). The van der Waals surface area contributed by atoms with Crippen LogP contribution in [-0.4, -0.2) is 81.1 Å². The molecule has 37 heavy (non-hydrogen) atoms. The lowest BCUT2D eigenvalue weighted by atomic mass is 10.1. The molecule has 1 aliphatic heterocycles. The minimum atomic E-state index is -5.78. The zero-order valence-corrected chi connectivity index (χ0v) is 17.2. The zero-order valence-electron chi connectivity index (χ0n) is 17.2. The number of carbonyl (C=O) groups is 3. The number of halogens is 9. The van der Waals surface area contributed by atoms with Gasteiger partial charge in [-0.15, -0.1) is 0 Å². The van der Waals surface area contributed by atoms with Crippen molar-refractivity contribution >= 4 is 28.9 Å². The number of esters is 3. The first-order valence-corrected chi connectivity index (χ1v) is 9.27. The summed E-state index contributed by atoms with van der Waals surface area (Å²) in [5.41, 5.74) is -1.37. The molecule has 2 aromatic heterocycles. The summed E-state index contributed by atoms with van der Waals surface area (Å²) in [4.78, 5) is 51.5. The molecule has 0 aromatic carbocycles. The minimum Gasteiger partial charge on any atom is -0.456 e. The van der Waals surface area contributed by atoms with Gasteiger partial charge in [-0.3, -0.25) is 4.79 Å². The average Bonchev–Trinajstić information content (AvgIpc) is 3.32. The Labute approximate surface area is 195 Å². The van der Waals surface area contributed by atoms with E-state index >= 15 is 0 Å². The van der Waals surface area contributed by atoms with Gasteiger partial charge in [0.15, 0.2) is 24.1 Å². The molecule has 0 aliphatic carbocycles. The van der Waals surface area contributed by atoms with Crippen molar-refractivity contribution in [2.75, 3.05) is 6.61 Å². The first-order valence-electron chi connectivity index (χ1n) is 9.27. The van der Waals surface area contributed by atoms with Crippen molar-refractivity contribution in [3.05, 3.63) is 22.9 Å². The third-order valence-corrected chi connectivity index (χ3v) is 4.48.